The molecule has 2 atom stereocenters. The van der Waals surface area contributed by atoms with Gasteiger partial charge >= 0.3 is 6.03 Å². The number of hydrogen-bond acceptors (Lipinski definition) is 3. The van der Waals surface area contributed by atoms with Crippen LogP contribution in [0.3, 0.4) is 0 Å². The minimum absolute atomic E-state index is 0.0819. The van der Waals surface area contributed by atoms with Gasteiger partial charge in [0.05, 0.1) is 12.5 Å². The first-order valence-corrected chi connectivity index (χ1v) is 8.97. The molecule has 6 heteroatoms. The van der Waals surface area contributed by atoms with Crippen LogP contribution in [-0.4, -0.2) is 61.1 Å². The lowest BCUT2D eigenvalue weighted by Gasteiger charge is -2.35. The van der Waals surface area contributed by atoms with E-state index in [4.69, 9.17) is 4.74 Å². The first kappa shape index (κ1) is 17.7. The van der Waals surface area contributed by atoms with Crippen molar-refractivity contribution >= 4 is 11.9 Å². The molecule has 25 heavy (non-hydrogen) atoms. The van der Waals surface area contributed by atoms with Crippen molar-refractivity contribution in [3.63, 3.8) is 0 Å². The minimum atomic E-state index is -0.0835. The van der Waals surface area contributed by atoms with Crippen LogP contribution in [0.15, 0.2) is 24.3 Å². The molecular weight excluding hydrogens is 318 g/mol. The van der Waals surface area contributed by atoms with Gasteiger partial charge in [0.15, 0.2) is 0 Å². The van der Waals surface area contributed by atoms with Crippen LogP contribution in [0.5, 0.6) is 0 Å². The smallest absolute Gasteiger partial charge is 0.317 e. The van der Waals surface area contributed by atoms with E-state index in [2.05, 4.69) is 5.32 Å². The molecule has 0 radical (unpaired) electrons. The highest BCUT2D eigenvalue weighted by Crippen LogP contribution is 2.29. The Morgan fingerprint density at radius 3 is 2.84 bits per heavy atom. The lowest BCUT2D eigenvalue weighted by molar-refractivity contribution is -0.140. The first-order valence-electron chi connectivity index (χ1n) is 8.97. The standard InChI is InChI=1S/C19H27N3O3/c1-14-5-3-4-6-15(14)11-20-19(24)21-12-16-7-8-17(13-21)22(18(16)23)9-10-25-2/h3-6,16-17H,7-13H2,1-2H3,(H,20,24)/t16-,17+/m1/s1. The number of methoxy groups -OCH3 is 1. The van der Waals surface area contributed by atoms with Gasteiger partial charge in [0.1, 0.15) is 0 Å². The van der Waals surface area contributed by atoms with Crippen LogP contribution in [-0.2, 0) is 16.1 Å². The van der Waals surface area contributed by atoms with Crippen molar-refractivity contribution in [2.75, 3.05) is 33.4 Å². The van der Waals surface area contributed by atoms with E-state index in [1.54, 1.807) is 7.11 Å². The second-order valence-corrected chi connectivity index (χ2v) is 6.94. The van der Waals surface area contributed by atoms with Gasteiger partial charge in [0, 0.05) is 39.3 Å². The van der Waals surface area contributed by atoms with Crippen LogP contribution in [0.4, 0.5) is 4.79 Å². The Balaban J connectivity index is 1.62. The number of ether oxygens (including phenoxy) is 1. The lowest BCUT2D eigenvalue weighted by atomic mass is 9.94. The summed E-state index contributed by atoms with van der Waals surface area (Å²) in [6.07, 6.45) is 1.83. The van der Waals surface area contributed by atoms with Crippen molar-refractivity contribution in [1.82, 2.24) is 15.1 Å². The number of nitrogens with one attached hydrogen (secondary N) is 1. The van der Waals surface area contributed by atoms with Crippen LogP contribution in [0, 0.1) is 12.8 Å². The largest absolute Gasteiger partial charge is 0.383 e. The van der Waals surface area contributed by atoms with Crippen molar-refractivity contribution in [2.45, 2.75) is 32.4 Å². The van der Waals surface area contributed by atoms with Crippen molar-refractivity contribution in [2.24, 2.45) is 5.92 Å². The number of nitrogens with zero attached hydrogens (tertiary/aromatic N) is 2. The molecule has 3 aliphatic heterocycles. The van der Waals surface area contributed by atoms with Crippen LogP contribution < -0.4 is 5.32 Å². The van der Waals surface area contributed by atoms with Gasteiger partial charge < -0.3 is 19.9 Å². The topological polar surface area (TPSA) is 61.9 Å². The normalized spacial score (nSPS) is 22.9. The zero-order valence-electron chi connectivity index (χ0n) is 15.0. The van der Waals surface area contributed by atoms with E-state index in [0.29, 0.717) is 32.8 Å². The van der Waals surface area contributed by atoms with Crippen molar-refractivity contribution < 1.29 is 14.3 Å². The van der Waals surface area contributed by atoms with Gasteiger partial charge in [-0.3, -0.25) is 4.79 Å². The third kappa shape index (κ3) is 3.95. The molecule has 0 aromatic heterocycles. The Labute approximate surface area is 149 Å². The maximum atomic E-state index is 12.6. The second-order valence-electron chi connectivity index (χ2n) is 6.94. The average molecular weight is 345 g/mol. The summed E-state index contributed by atoms with van der Waals surface area (Å²) in [5.74, 6) is 0.0855. The molecule has 0 spiro atoms. The highest BCUT2D eigenvalue weighted by molar-refractivity contribution is 5.82. The van der Waals surface area contributed by atoms with E-state index in [1.807, 2.05) is 41.0 Å². The molecule has 0 aliphatic carbocycles. The van der Waals surface area contributed by atoms with E-state index < -0.39 is 0 Å². The Morgan fingerprint density at radius 2 is 2.08 bits per heavy atom. The van der Waals surface area contributed by atoms with E-state index in [-0.39, 0.29) is 23.9 Å². The van der Waals surface area contributed by atoms with Crippen molar-refractivity contribution in [1.29, 1.82) is 0 Å². The molecule has 4 rings (SSSR count). The summed E-state index contributed by atoms with van der Waals surface area (Å²) in [6.45, 7) is 4.81. The fraction of sp³-hybridized carbons (Fsp3) is 0.579. The Bertz CT molecular complexity index is 634. The zero-order valence-corrected chi connectivity index (χ0v) is 15.0. The molecule has 3 saturated heterocycles. The highest BCUT2D eigenvalue weighted by atomic mass is 16.5. The summed E-state index contributed by atoms with van der Waals surface area (Å²) in [5, 5.41) is 3.01. The van der Waals surface area contributed by atoms with Crippen molar-refractivity contribution in [3.05, 3.63) is 35.4 Å². The SMILES string of the molecule is COCCN1C(=O)[C@@H]2CC[C@H]1CN(C(=O)NCc1ccccc1C)C2. The fourth-order valence-electron chi connectivity index (χ4n) is 3.78. The number of amides is 3. The van der Waals surface area contributed by atoms with E-state index in [0.717, 1.165) is 18.4 Å². The van der Waals surface area contributed by atoms with E-state index >= 15 is 0 Å². The van der Waals surface area contributed by atoms with Crippen molar-refractivity contribution in [3.8, 4) is 0 Å². The molecule has 1 aromatic carbocycles. The molecule has 1 aromatic rings. The Hall–Kier alpha value is -2.08. The molecular formula is C19H27N3O3. The Kier molecular flexibility index (Phi) is 5.58. The minimum Gasteiger partial charge on any atom is -0.383 e. The maximum Gasteiger partial charge on any atom is 0.317 e. The number of carbonyl (C=O) groups is 2. The van der Waals surface area contributed by atoms with E-state index in [9.17, 15) is 9.59 Å². The van der Waals surface area contributed by atoms with Crippen LogP contribution in [0.1, 0.15) is 24.0 Å². The number of hydrogen-bond donors (Lipinski definition) is 1. The summed E-state index contributed by atoms with van der Waals surface area (Å²) in [6, 6.07) is 8.06. The van der Waals surface area contributed by atoms with Gasteiger partial charge in [0.25, 0.3) is 0 Å². The summed E-state index contributed by atoms with van der Waals surface area (Å²) < 4.78 is 5.13. The van der Waals surface area contributed by atoms with Crippen LogP contribution >= 0.6 is 0 Å². The molecule has 3 fully saturated rings. The fourth-order valence-corrected chi connectivity index (χ4v) is 3.78. The average Bonchev–Trinajstić information content (AvgIpc) is 2.90. The summed E-state index contributed by atoms with van der Waals surface area (Å²) in [4.78, 5) is 29.0. The second kappa shape index (κ2) is 7.87. The quantitative estimate of drug-likeness (QED) is 0.885. The third-order valence-corrected chi connectivity index (χ3v) is 5.31. The summed E-state index contributed by atoms with van der Waals surface area (Å²) >= 11 is 0. The predicted molar refractivity (Wildman–Crippen MR) is 95.1 cm³/mol. The van der Waals surface area contributed by atoms with Gasteiger partial charge in [-0.05, 0) is 30.9 Å². The molecule has 2 bridgehead atoms. The predicted octanol–water partition coefficient (Wildman–Crippen LogP) is 1.77. The van der Waals surface area contributed by atoms with Gasteiger partial charge in [-0.15, -0.1) is 0 Å². The van der Waals surface area contributed by atoms with Gasteiger partial charge in [-0.25, -0.2) is 4.79 Å². The highest BCUT2D eigenvalue weighted by Gasteiger charge is 2.41. The number of aryl methyl sites for hydroxylation is 1. The lowest BCUT2D eigenvalue weighted by Crippen LogP contribution is -2.49. The monoisotopic (exact) mass is 345 g/mol. The summed E-state index contributed by atoms with van der Waals surface area (Å²) in [7, 11) is 1.64. The first-order chi connectivity index (χ1) is 12.1. The number of piperidine rings is 1. The molecule has 3 aliphatic rings. The third-order valence-electron chi connectivity index (χ3n) is 5.31. The Morgan fingerprint density at radius 1 is 1.28 bits per heavy atom. The van der Waals surface area contributed by atoms with Crippen LogP contribution in [0.25, 0.3) is 0 Å². The van der Waals surface area contributed by atoms with Gasteiger partial charge in [0.2, 0.25) is 5.91 Å². The molecule has 136 valence electrons. The molecule has 6 nitrogen and oxygen atoms in total. The van der Waals surface area contributed by atoms with E-state index in [1.165, 1.54) is 5.56 Å². The van der Waals surface area contributed by atoms with Gasteiger partial charge in [-0.1, -0.05) is 24.3 Å². The summed E-state index contributed by atoms with van der Waals surface area (Å²) in [5.41, 5.74) is 2.28. The molecule has 0 saturated carbocycles. The zero-order chi connectivity index (χ0) is 17.8. The molecule has 1 N–H and O–H groups in total. The maximum absolute atomic E-state index is 12.6. The van der Waals surface area contributed by atoms with Crippen LogP contribution in [0.2, 0.25) is 0 Å². The number of fused-ring (bicyclic) bond motifs is 4. The number of benzene rings is 1. The molecule has 3 heterocycles. The molecule has 0 unspecified atom stereocenters. The molecule has 3 amide bonds. The number of carbonyl (C=O) groups excluding carboxylic acids is 2. The number of rotatable bonds is 5. The van der Waals surface area contributed by atoms with Gasteiger partial charge in [-0.2, -0.15) is 0 Å². The number of urea groups is 1.